The van der Waals surface area contributed by atoms with E-state index in [1.54, 1.807) is 13.8 Å². The molecule has 54 heavy (non-hydrogen) atoms. The predicted octanol–water partition coefficient (Wildman–Crippen LogP) is 0.461. The smallest absolute Gasteiger partial charge is 0.357 e. The first-order valence-electron chi connectivity index (χ1n) is 16.9. The van der Waals surface area contributed by atoms with Crippen molar-refractivity contribution in [3.05, 3.63) is 23.1 Å². The minimum absolute atomic E-state index is 0.323. The summed E-state index contributed by atoms with van der Waals surface area (Å²) in [5.41, 5.74) is -7.74. The SMILES string of the molecule is C/C=C(/N=C=S)C(=O)O[C@H]1[C@@H](O[C@@H]2C[C@@H](OC)[C@](O)([C@@H](C)OC(=O)[C@@H](C)CC)[C@H](C)O2)[C@@H](O)[C@@H]([C@]2(O)CC(=O)C(=N)C(C(=O)O)=C2O)O[C@@H]1COC(C)=O. The highest BCUT2D eigenvalue weighted by Gasteiger charge is 2.62. The molecule has 0 aromatic heterocycles. The van der Waals surface area contributed by atoms with Crippen molar-refractivity contribution in [1.29, 1.82) is 5.41 Å². The highest BCUT2D eigenvalue weighted by Crippen LogP contribution is 2.42. The monoisotopic (exact) mass is 786 g/mol. The minimum atomic E-state index is -3.03. The number of aliphatic carboxylic acids is 1. The van der Waals surface area contributed by atoms with Crippen molar-refractivity contribution in [2.45, 2.75) is 127 Å². The number of esters is 3. The molecule has 0 unspecified atom stereocenters. The molecule has 1 aliphatic carbocycles. The number of aliphatic imine (C=N–C) groups is 1. The molecule has 300 valence electrons. The standard InChI is InChI=1S/C34H46N2O17S/c1-8-14(3)31(43)50-16(5)34(46)15(4)49-22(10-21(34)47-7)52-27-25(39)29(33(45)11-19(38)24(35)23(28(33)40)30(41)42)51-20(12-48-17(6)37)26(27)53-32(44)18(9-2)36-13-54/h9,14-16,20-22,25-27,29,35,39-40,45-46H,8,10-12H2,1-7H3,(H,41,42)/b18-9+,35-24?/t14-,15-,16+,20+,21+,22+,25+,26+,27-,29-,33-,34+/m0/s1. The number of thiocarbonyl (C=S) groups is 1. The van der Waals surface area contributed by atoms with E-state index in [-0.39, 0.29) is 12.1 Å². The molecular formula is C34H46N2O17S. The number of rotatable bonds is 14. The zero-order valence-corrected chi connectivity index (χ0v) is 31.5. The van der Waals surface area contributed by atoms with Crippen molar-refractivity contribution in [3.8, 4) is 0 Å². The number of nitrogens with zero attached hydrogens (tertiary/aromatic N) is 1. The number of carboxylic acid groups (broad SMARTS) is 1. The average Bonchev–Trinajstić information content (AvgIpc) is 3.11. The summed E-state index contributed by atoms with van der Waals surface area (Å²) in [4.78, 5) is 66.3. The van der Waals surface area contributed by atoms with Gasteiger partial charge < -0.3 is 58.7 Å². The van der Waals surface area contributed by atoms with Crippen molar-refractivity contribution in [2.75, 3.05) is 13.7 Å². The van der Waals surface area contributed by atoms with Crippen LogP contribution >= 0.6 is 12.2 Å². The number of ketones is 1. The van der Waals surface area contributed by atoms with Gasteiger partial charge in [0.25, 0.3) is 0 Å². The number of isothiocyanates is 1. The molecule has 0 aromatic rings. The van der Waals surface area contributed by atoms with E-state index in [1.165, 1.54) is 34.0 Å². The summed E-state index contributed by atoms with van der Waals surface area (Å²) in [5.74, 6) is -7.65. The van der Waals surface area contributed by atoms with Crippen molar-refractivity contribution in [3.63, 3.8) is 0 Å². The van der Waals surface area contributed by atoms with E-state index in [0.717, 1.165) is 6.92 Å². The van der Waals surface area contributed by atoms with Crippen LogP contribution < -0.4 is 0 Å². The van der Waals surface area contributed by atoms with E-state index in [2.05, 4.69) is 17.2 Å². The number of carbonyl (C=O) groups excluding carboxylic acids is 4. The van der Waals surface area contributed by atoms with Crippen molar-refractivity contribution in [2.24, 2.45) is 10.9 Å². The molecule has 3 aliphatic rings. The Balaban J connectivity index is 2.14. The number of ether oxygens (including phenoxy) is 7. The lowest BCUT2D eigenvalue weighted by Gasteiger charge is -2.52. The van der Waals surface area contributed by atoms with Gasteiger partial charge in [0.1, 0.15) is 54.2 Å². The molecule has 2 aliphatic heterocycles. The molecule has 6 N–H and O–H groups in total. The van der Waals surface area contributed by atoms with Gasteiger partial charge in [0, 0.05) is 20.5 Å². The normalized spacial score (nSPS) is 34.3. The zero-order chi connectivity index (χ0) is 40.9. The van der Waals surface area contributed by atoms with Crippen LogP contribution in [-0.2, 0) is 57.1 Å². The maximum Gasteiger partial charge on any atom is 0.357 e. The zero-order valence-electron chi connectivity index (χ0n) is 30.7. The first-order valence-corrected chi connectivity index (χ1v) is 17.3. The van der Waals surface area contributed by atoms with Gasteiger partial charge in [-0.15, -0.1) is 0 Å². The molecule has 2 heterocycles. The van der Waals surface area contributed by atoms with Crippen LogP contribution in [0.25, 0.3) is 0 Å². The third-order valence-electron chi connectivity index (χ3n) is 9.77. The topological polar surface area (TPSA) is 287 Å². The number of carbonyl (C=O) groups is 5. The van der Waals surface area contributed by atoms with Crippen molar-refractivity contribution >= 4 is 52.8 Å². The summed E-state index contributed by atoms with van der Waals surface area (Å²) in [6.07, 6.45) is -14.5. The summed E-state index contributed by atoms with van der Waals surface area (Å²) < 4.78 is 40.0. The molecule has 20 heteroatoms. The number of hydrogen-bond donors (Lipinski definition) is 6. The number of methoxy groups -OCH3 is 1. The third kappa shape index (κ3) is 8.93. The van der Waals surface area contributed by atoms with Crippen molar-refractivity contribution < 1.29 is 82.7 Å². The van der Waals surface area contributed by atoms with E-state index in [4.69, 9.17) is 38.6 Å². The van der Waals surface area contributed by atoms with Crippen LogP contribution in [0.3, 0.4) is 0 Å². The molecule has 0 bridgehead atoms. The van der Waals surface area contributed by atoms with Crippen LogP contribution in [-0.4, -0.2) is 146 Å². The van der Waals surface area contributed by atoms with Crippen LogP contribution in [0.2, 0.25) is 0 Å². The van der Waals surface area contributed by atoms with Crippen LogP contribution in [0.15, 0.2) is 28.1 Å². The van der Waals surface area contributed by atoms with Crippen LogP contribution in [0.1, 0.15) is 60.8 Å². The fourth-order valence-electron chi connectivity index (χ4n) is 6.46. The van der Waals surface area contributed by atoms with E-state index >= 15 is 0 Å². The second-order valence-corrected chi connectivity index (χ2v) is 13.3. The molecule has 19 nitrogen and oxygen atoms in total. The Morgan fingerprint density at radius 1 is 1.19 bits per heavy atom. The lowest BCUT2D eigenvalue weighted by molar-refractivity contribution is -0.345. The molecule has 0 spiro atoms. The fourth-order valence-corrected chi connectivity index (χ4v) is 6.56. The Bertz CT molecular complexity index is 1610. The van der Waals surface area contributed by atoms with Crippen LogP contribution in [0, 0.1) is 11.3 Å². The van der Waals surface area contributed by atoms with Gasteiger partial charge in [-0.1, -0.05) is 19.9 Å². The van der Waals surface area contributed by atoms with E-state index in [1.807, 2.05) is 5.16 Å². The number of allylic oxidation sites excluding steroid dienone is 1. The number of carboxylic acids is 1. The molecule has 2 saturated heterocycles. The summed E-state index contributed by atoms with van der Waals surface area (Å²) in [7, 11) is 1.27. The van der Waals surface area contributed by atoms with Crippen LogP contribution in [0.4, 0.5) is 0 Å². The molecule has 0 radical (unpaired) electrons. The van der Waals surface area contributed by atoms with E-state index in [0.29, 0.717) is 6.42 Å². The Labute approximate surface area is 315 Å². The first kappa shape index (κ1) is 44.4. The van der Waals surface area contributed by atoms with Crippen molar-refractivity contribution in [1.82, 2.24) is 0 Å². The van der Waals surface area contributed by atoms with Crippen LogP contribution in [0.5, 0.6) is 0 Å². The Hall–Kier alpha value is -3.98. The Kier molecular flexibility index (Phi) is 14.9. The predicted molar refractivity (Wildman–Crippen MR) is 184 cm³/mol. The quantitative estimate of drug-likeness (QED) is 0.0458. The first-order chi connectivity index (χ1) is 25.2. The highest BCUT2D eigenvalue weighted by molar-refractivity contribution is 7.78. The molecule has 0 saturated carbocycles. The molecule has 12 atom stereocenters. The molecule has 0 amide bonds. The maximum absolute atomic E-state index is 13.3. The summed E-state index contributed by atoms with van der Waals surface area (Å²) in [5, 5.41) is 66.2. The summed E-state index contributed by atoms with van der Waals surface area (Å²) in [6, 6.07) is 0. The second-order valence-electron chi connectivity index (χ2n) is 13.1. The number of nitrogens with one attached hydrogen (secondary N) is 1. The molecular weight excluding hydrogens is 740 g/mol. The van der Waals surface area contributed by atoms with Gasteiger partial charge in [0.15, 0.2) is 35.1 Å². The summed E-state index contributed by atoms with van der Waals surface area (Å²) >= 11 is 4.60. The molecule has 3 rings (SSSR count). The second kappa shape index (κ2) is 18.1. The van der Waals surface area contributed by atoms with Gasteiger partial charge in [-0.25, -0.2) is 9.59 Å². The maximum atomic E-state index is 13.3. The lowest BCUT2D eigenvalue weighted by atomic mass is 9.74. The minimum Gasteiger partial charge on any atom is -0.508 e. The Morgan fingerprint density at radius 2 is 1.83 bits per heavy atom. The van der Waals surface area contributed by atoms with Gasteiger partial charge in [-0.05, 0) is 39.4 Å². The van der Waals surface area contributed by atoms with E-state index < -0.39 is 132 Å². The van der Waals surface area contributed by atoms with Gasteiger partial charge >= 0.3 is 23.9 Å². The van der Waals surface area contributed by atoms with Gasteiger partial charge in [-0.3, -0.25) is 19.8 Å². The van der Waals surface area contributed by atoms with Gasteiger partial charge in [0.2, 0.25) is 0 Å². The number of aliphatic hydroxyl groups excluding tert-OH is 2. The number of aliphatic hydroxyl groups is 4. The number of hydrogen-bond acceptors (Lipinski definition) is 19. The molecule has 2 fully saturated rings. The summed E-state index contributed by atoms with van der Waals surface area (Å²) in [6.45, 7) is 8.03. The number of Topliss-reactive ketones (excluding diaryl/α,β-unsaturated/α-hetero) is 1. The van der Waals surface area contributed by atoms with E-state index in [9.17, 15) is 49.5 Å². The van der Waals surface area contributed by atoms with Gasteiger partial charge in [0.05, 0.1) is 29.7 Å². The highest BCUT2D eigenvalue weighted by atomic mass is 32.1. The average molecular weight is 787 g/mol. The third-order valence-corrected chi connectivity index (χ3v) is 9.86. The fraction of sp³-hybridized carbons (Fsp3) is 0.676. The Morgan fingerprint density at radius 3 is 2.37 bits per heavy atom. The largest absolute Gasteiger partial charge is 0.508 e. The van der Waals surface area contributed by atoms with Gasteiger partial charge in [-0.2, -0.15) is 4.99 Å². The lowest BCUT2D eigenvalue weighted by Crippen LogP contribution is -2.70. The molecule has 0 aromatic carbocycles.